The minimum Gasteiger partial charge on any atom is -0.305 e. The van der Waals surface area contributed by atoms with Gasteiger partial charge in [-0.3, -0.25) is 9.20 Å². The molecule has 0 aliphatic heterocycles. The molecule has 0 saturated carbocycles. The molecule has 0 saturated heterocycles. The number of hydrogen-bond acceptors (Lipinski definition) is 3. The van der Waals surface area contributed by atoms with Crippen molar-refractivity contribution in [3.8, 4) is 0 Å². The SMILES string of the molecule is CCCc1nc2ccc(F)cn2c1C(=O)Nc1ccc(C)cn1. The lowest BCUT2D eigenvalue weighted by Gasteiger charge is -2.06. The zero-order chi connectivity index (χ0) is 16.4. The van der Waals surface area contributed by atoms with Gasteiger partial charge in [0.15, 0.2) is 0 Å². The number of halogens is 1. The number of carbonyl (C=O) groups excluding carboxylic acids is 1. The summed E-state index contributed by atoms with van der Waals surface area (Å²) in [6, 6.07) is 6.50. The molecule has 5 nitrogen and oxygen atoms in total. The molecule has 118 valence electrons. The van der Waals surface area contributed by atoms with Crippen molar-refractivity contribution in [2.24, 2.45) is 0 Å². The van der Waals surface area contributed by atoms with Gasteiger partial charge in [0.05, 0.1) is 5.69 Å². The van der Waals surface area contributed by atoms with Gasteiger partial charge in [-0.1, -0.05) is 19.4 Å². The molecule has 3 aromatic rings. The van der Waals surface area contributed by atoms with Crippen molar-refractivity contribution in [3.05, 3.63) is 59.4 Å². The number of nitrogens with one attached hydrogen (secondary N) is 1. The number of nitrogens with zero attached hydrogens (tertiary/aromatic N) is 3. The van der Waals surface area contributed by atoms with Gasteiger partial charge in [0.25, 0.3) is 5.91 Å². The molecular formula is C17H17FN4O. The smallest absolute Gasteiger partial charge is 0.275 e. The van der Waals surface area contributed by atoms with Crippen molar-refractivity contribution in [2.75, 3.05) is 5.32 Å². The first kappa shape index (κ1) is 15.1. The maximum absolute atomic E-state index is 13.6. The molecule has 0 fully saturated rings. The molecule has 0 aliphatic carbocycles. The number of imidazole rings is 1. The number of amides is 1. The minimum absolute atomic E-state index is 0.345. The molecule has 3 heterocycles. The molecule has 1 N–H and O–H groups in total. The summed E-state index contributed by atoms with van der Waals surface area (Å²) < 4.78 is 15.0. The summed E-state index contributed by atoms with van der Waals surface area (Å²) >= 11 is 0. The fourth-order valence-corrected chi connectivity index (χ4v) is 2.44. The molecule has 0 unspecified atom stereocenters. The second-order valence-electron chi connectivity index (χ2n) is 5.41. The first-order valence-electron chi connectivity index (χ1n) is 7.49. The van der Waals surface area contributed by atoms with Gasteiger partial charge in [0.1, 0.15) is 23.0 Å². The summed E-state index contributed by atoms with van der Waals surface area (Å²) in [7, 11) is 0. The number of aryl methyl sites for hydroxylation is 2. The fourth-order valence-electron chi connectivity index (χ4n) is 2.44. The lowest BCUT2D eigenvalue weighted by Crippen LogP contribution is -2.17. The van der Waals surface area contributed by atoms with Crippen LogP contribution in [0.25, 0.3) is 5.65 Å². The van der Waals surface area contributed by atoms with Gasteiger partial charge < -0.3 is 5.32 Å². The van der Waals surface area contributed by atoms with Crippen LogP contribution in [0.4, 0.5) is 10.2 Å². The Hall–Kier alpha value is -2.76. The van der Waals surface area contributed by atoms with E-state index in [-0.39, 0.29) is 5.91 Å². The molecule has 3 rings (SSSR count). The quantitative estimate of drug-likeness (QED) is 0.803. The largest absolute Gasteiger partial charge is 0.305 e. The zero-order valence-electron chi connectivity index (χ0n) is 13.0. The van der Waals surface area contributed by atoms with Crippen LogP contribution in [0.1, 0.15) is 35.1 Å². The van der Waals surface area contributed by atoms with E-state index in [1.54, 1.807) is 18.3 Å². The predicted octanol–water partition coefficient (Wildman–Crippen LogP) is 3.38. The highest BCUT2D eigenvalue weighted by atomic mass is 19.1. The van der Waals surface area contributed by atoms with Crippen LogP contribution < -0.4 is 5.32 Å². The Morgan fingerprint density at radius 1 is 1.30 bits per heavy atom. The summed E-state index contributed by atoms with van der Waals surface area (Å²) in [6.45, 7) is 3.93. The predicted molar refractivity (Wildman–Crippen MR) is 86.1 cm³/mol. The summed E-state index contributed by atoms with van der Waals surface area (Å²) in [4.78, 5) is 21.2. The van der Waals surface area contributed by atoms with Crippen molar-refractivity contribution in [3.63, 3.8) is 0 Å². The van der Waals surface area contributed by atoms with Gasteiger partial charge >= 0.3 is 0 Å². The third-order valence-electron chi connectivity index (χ3n) is 3.51. The Morgan fingerprint density at radius 3 is 2.83 bits per heavy atom. The zero-order valence-corrected chi connectivity index (χ0v) is 13.0. The number of hydrogen-bond donors (Lipinski definition) is 1. The molecule has 0 aromatic carbocycles. The molecule has 3 aromatic heterocycles. The molecule has 0 aliphatic rings. The van der Waals surface area contributed by atoms with Gasteiger partial charge in [0, 0.05) is 12.4 Å². The van der Waals surface area contributed by atoms with Crippen LogP contribution in [-0.4, -0.2) is 20.3 Å². The summed E-state index contributed by atoms with van der Waals surface area (Å²) in [5.41, 5.74) is 2.56. The molecule has 0 bridgehead atoms. The van der Waals surface area contributed by atoms with Crippen molar-refractivity contribution in [1.82, 2.24) is 14.4 Å². The van der Waals surface area contributed by atoms with E-state index in [1.165, 1.54) is 16.7 Å². The van der Waals surface area contributed by atoms with Crippen molar-refractivity contribution >= 4 is 17.4 Å². The van der Waals surface area contributed by atoms with Crippen molar-refractivity contribution < 1.29 is 9.18 Å². The number of aromatic nitrogens is 3. The van der Waals surface area contributed by atoms with E-state index in [0.717, 1.165) is 12.0 Å². The number of fused-ring (bicyclic) bond motifs is 1. The van der Waals surface area contributed by atoms with E-state index in [9.17, 15) is 9.18 Å². The van der Waals surface area contributed by atoms with Crippen molar-refractivity contribution in [1.29, 1.82) is 0 Å². The van der Waals surface area contributed by atoms with Crippen LogP contribution in [0, 0.1) is 12.7 Å². The molecule has 0 spiro atoms. The minimum atomic E-state index is -0.416. The van der Waals surface area contributed by atoms with E-state index in [4.69, 9.17) is 0 Å². The Kier molecular flexibility index (Phi) is 4.06. The average Bonchev–Trinajstić information content (AvgIpc) is 2.87. The normalized spacial score (nSPS) is 10.9. The Morgan fingerprint density at radius 2 is 2.13 bits per heavy atom. The van der Waals surface area contributed by atoms with Crippen LogP contribution in [0.3, 0.4) is 0 Å². The van der Waals surface area contributed by atoms with Gasteiger partial charge in [0.2, 0.25) is 0 Å². The molecular weight excluding hydrogens is 295 g/mol. The number of rotatable bonds is 4. The fraction of sp³-hybridized carbons (Fsp3) is 0.235. The third kappa shape index (κ3) is 3.06. The van der Waals surface area contributed by atoms with Crippen LogP contribution in [0.2, 0.25) is 0 Å². The summed E-state index contributed by atoms with van der Waals surface area (Å²) in [5.74, 6) is -0.308. The molecule has 6 heteroatoms. The molecule has 23 heavy (non-hydrogen) atoms. The standard InChI is InChI=1S/C17H17FN4O/c1-3-4-13-16(22-10-12(18)6-8-15(22)20-13)17(23)21-14-7-5-11(2)9-19-14/h5-10H,3-4H2,1-2H3,(H,19,21,23). The number of anilines is 1. The Labute approximate surface area is 133 Å². The van der Waals surface area contributed by atoms with Gasteiger partial charge in [-0.05, 0) is 37.1 Å². The molecule has 0 radical (unpaired) electrons. The van der Waals surface area contributed by atoms with Crippen LogP contribution in [-0.2, 0) is 6.42 Å². The highest BCUT2D eigenvalue weighted by Gasteiger charge is 2.19. The highest BCUT2D eigenvalue weighted by Crippen LogP contribution is 2.17. The monoisotopic (exact) mass is 312 g/mol. The average molecular weight is 312 g/mol. The lowest BCUT2D eigenvalue weighted by molar-refractivity contribution is 0.102. The first-order valence-corrected chi connectivity index (χ1v) is 7.49. The Balaban J connectivity index is 2.02. The van der Waals surface area contributed by atoms with E-state index in [1.807, 2.05) is 19.9 Å². The van der Waals surface area contributed by atoms with Gasteiger partial charge in [-0.25, -0.2) is 14.4 Å². The molecule has 1 amide bonds. The summed E-state index contributed by atoms with van der Waals surface area (Å²) in [6.07, 6.45) is 4.44. The van der Waals surface area contributed by atoms with Crippen LogP contribution in [0.15, 0.2) is 36.7 Å². The van der Waals surface area contributed by atoms with E-state index in [2.05, 4.69) is 15.3 Å². The second kappa shape index (κ2) is 6.16. The summed E-state index contributed by atoms with van der Waals surface area (Å²) in [5, 5.41) is 2.75. The third-order valence-corrected chi connectivity index (χ3v) is 3.51. The number of pyridine rings is 2. The van der Waals surface area contributed by atoms with Gasteiger partial charge in [-0.2, -0.15) is 0 Å². The van der Waals surface area contributed by atoms with E-state index >= 15 is 0 Å². The number of carbonyl (C=O) groups is 1. The topological polar surface area (TPSA) is 59.3 Å². The Bertz CT molecular complexity index is 855. The first-order chi connectivity index (χ1) is 11.1. The lowest BCUT2D eigenvalue weighted by atomic mass is 10.2. The van der Waals surface area contributed by atoms with E-state index < -0.39 is 5.82 Å². The second-order valence-corrected chi connectivity index (χ2v) is 5.41. The highest BCUT2D eigenvalue weighted by molar-refractivity contribution is 6.04. The maximum atomic E-state index is 13.6. The van der Waals surface area contributed by atoms with Crippen LogP contribution >= 0.6 is 0 Å². The van der Waals surface area contributed by atoms with Crippen LogP contribution in [0.5, 0.6) is 0 Å². The van der Waals surface area contributed by atoms with Gasteiger partial charge in [-0.15, -0.1) is 0 Å². The van der Waals surface area contributed by atoms with Crippen molar-refractivity contribution in [2.45, 2.75) is 26.7 Å². The molecule has 0 atom stereocenters. The van der Waals surface area contributed by atoms with E-state index in [0.29, 0.717) is 29.3 Å². The maximum Gasteiger partial charge on any atom is 0.275 e.